The van der Waals surface area contributed by atoms with E-state index in [-0.39, 0.29) is 17.3 Å². The van der Waals surface area contributed by atoms with E-state index in [0.717, 1.165) is 27.7 Å². The van der Waals surface area contributed by atoms with Crippen LogP contribution in [-0.2, 0) is 0 Å². The van der Waals surface area contributed by atoms with Crippen molar-refractivity contribution in [1.82, 2.24) is 4.57 Å². The molecule has 4 N–H and O–H groups in total. The van der Waals surface area contributed by atoms with Crippen molar-refractivity contribution in [3.63, 3.8) is 0 Å². The highest BCUT2D eigenvalue weighted by molar-refractivity contribution is 6.04. The van der Waals surface area contributed by atoms with Crippen molar-refractivity contribution in [3.05, 3.63) is 83.3 Å². The number of nitrogens with zero attached hydrogens (tertiary/aromatic N) is 1. The molecule has 0 aliphatic carbocycles. The van der Waals surface area contributed by atoms with Crippen LogP contribution in [0.2, 0.25) is 0 Å². The smallest absolute Gasteiger partial charge is 0.335 e. The average molecular weight is 446 g/mol. The van der Waals surface area contributed by atoms with Crippen molar-refractivity contribution in [2.75, 3.05) is 5.73 Å². The number of nitrogens with two attached hydrogens (primary N) is 1. The third-order valence-electron chi connectivity index (χ3n) is 5.42. The molecule has 4 rings (SSSR count). The number of halogens is 1. The van der Waals surface area contributed by atoms with Crippen molar-refractivity contribution in [3.8, 4) is 16.8 Å². The van der Waals surface area contributed by atoms with Crippen molar-refractivity contribution >= 4 is 28.8 Å². The monoisotopic (exact) mass is 445 g/mol. The first-order valence-corrected chi connectivity index (χ1v) is 10.9. The van der Waals surface area contributed by atoms with Crippen molar-refractivity contribution in [1.29, 1.82) is 5.41 Å². The van der Waals surface area contributed by atoms with Gasteiger partial charge >= 0.3 is 5.97 Å². The number of anilines is 1. The van der Waals surface area contributed by atoms with Gasteiger partial charge in [0.1, 0.15) is 5.82 Å². The zero-order valence-electron chi connectivity index (χ0n) is 19.2. The number of benzene rings is 3. The van der Waals surface area contributed by atoms with Crippen LogP contribution in [0.15, 0.2) is 60.7 Å². The highest BCUT2D eigenvalue weighted by atomic mass is 19.1. The number of aromatic carboxylic acids is 1. The minimum Gasteiger partial charge on any atom is -0.478 e. The summed E-state index contributed by atoms with van der Waals surface area (Å²) in [6.45, 7) is 8.06. The Hall–Kier alpha value is -3.93. The summed E-state index contributed by atoms with van der Waals surface area (Å²) in [5, 5.41) is 17.8. The second-order valence-electron chi connectivity index (χ2n) is 7.73. The molecule has 0 aliphatic heterocycles. The Morgan fingerprint density at radius 2 is 1.73 bits per heavy atom. The summed E-state index contributed by atoms with van der Waals surface area (Å²) in [6.07, 6.45) is 1.18. The molecule has 0 saturated heterocycles. The van der Waals surface area contributed by atoms with E-state index in [0.29, 0.717) is 16.9 Å². The lowest BCUT2D eigenvalue weighted by Crippen LogP contribution is -2.05. The van der Waals surface area contributed by atoms with E-state index in [1.54, 1.807) is 54.6 Å². The first-order valence-electron chi connectivity index (χ1n) is 10.9. The lowest BCUT2D eigenvalue weighted by atomic mass is 9.95. The number of para-hydroxylation sites is 1. The van der Waals surface area contributed by atoms with Crippen LogP contribution < -0.4 is 5.73 Å². The first kappa shape index (κ1) is 23.7. The van der Waals surface area contributed by atoms with E-state index >= 15 is 0 Å². The van der Waals surface area contributed by atoms with Crippen molar-refractivity contribution < 1.29 is 14.3 Å². The molecule has 0 radical (unpaired) electrons. The standard InChI is InChI=1S/C25H22FN3O2.C2H6/c1-14(2)24-23(15-7-9-16(10-8-15)25(30)31)18-12-20(28)17(13-27)11-22(18)29(24)21-6-4-3-5-19(21)26;1-2/h3-14,27H,28H2,1-2H3,(H,30,31);1-2H3. The second-order valence-corrected chi connectivity index (χ2v) is 7.73. The fraction of sp³-hybridized carbons (Fsp3) is 0.185. The van der Waals surface area contributed by atoms with E-state index in [4.69, 9.17) is 11.1 Å². The Balaban J connectivity index is 0.00000149. The molecule has 6 heteroatoms. The summed E-state index contributed by atoms with van der Waals surface area (Å²) in [5.74, 6) is -1.34. The van der Waals surface area contributed by atoms with E-state index in [1.807, 2.05) is 32.3 Å². The van der Waals surface area contributed by atoms with Gasteiger partial charge in [0.15, 0.2) is 0 Å². The summed E-state index contributed by atoms with van der Waals surface area (Å²) in [6, 6.07) is 16.8. The molecule has 5 nitrogen and oxygen atoms in total. The van der Waals surface area contributed by atoms with Crippen LogP contribution in [-0.4, -0.2) is 21.9 Å². The van der Waals surface area contributed by atoms with E-state index < -0.39 is 5.97 Å². The minimum atomic E-state index is -0.996. The highest BCUT2D eigenvalue weighted by Crippen LogP contribution is 2.42. The maximum absolute atomic E-state index is 14.9. The number of carbonyl (C=O) groups is 1. The van der Waals surface area contributed by atoms with Gasteiger partial charge in [-0.05, 0) is 47.9 Å². The van der Waals surface area contributed by atoms with Gasteiger partial charge in [-0.3, -0.25) is 0 Å². The normalized spacial score (nSPS) is 10.7. The maximum atomic E-state index is 14.9. The van der Waals surface area contributed by atoms with Gasteiger partial charge in [0.25, 0.3) is 0 Å². The van der Waals surface area contributed by atoms with Crippen LogP contribution in [0.3, 0.4) is 0 Å². The quantitative estimate of drug-likeness (QED) is 0.231. The predicted molar refractivity (Wildman–Crippen MR) is 133 cm³/mol. The van der Waals surface area contributed by atoms with Crippen LogP contribution in [0.5, 0.6) is 0 Å². The van der Waals surface area contributed by atoms with E-state index in [2.05, 4.69) is 0 Å². The number of aromatic nitrogens is 1. The zero-order valence-corrected chi connectivity index (χ0v) is 19.2. The van der Waals surface area contributed by atoms with Gasteiger partial charge in [0.2, 0.25) is 0 Å². The molecule has 0 fully saturated rings. The fourth-order valence-electron chi connectivity index (χ4n) is 4.03. The molecule has 33 heavy (non-hydrogen) atoms. The van der Waals surface area contributed by atoms with Crippen LogP contribution in [0.25, 0.3) is 27.7 Å². The molecule has 3 aromatic carbocycles. The number of fused-ring (bicyclic) bond motifs is 1. The number of nitrogens with one attached hydrogen (secondary N) is 1. The zero-order chi connectivity index (χ0) is 24.3. The number of rotatable bonds is 5. The van der Waals surface area contributed by atoms with Crippen molar-refractivity contribution in [2.45, 2.75) is 33.6 Å². The van der Waals surface area contributed by atoms with Gasteiger partial charge in [0.05, 0.1) is 16.8 Å². The molecule has 0 saturated carbocycles. The summed E-state index contributed by atoms with van der Waals surface area (Å²) in [4.78, 5) is 11.3. The number of hydrogen-bond acceptors (Lipinski definition) is 3. The summed E-state index contributed by atoms with van der Waals surface area (Å²) >= 11 is 0. The molecular weight excluding hydrogens is 417 g/mol. The van der Waals surface area contributed by atoms with Crippen LogP contribution >= 0.6 is 0 Å². The molecule has 0 unspecified atom stereocenters. The first-order chi connectivity index (χ1) is 15.8. The molecule has 1 heterocycles. The van der Waals surface area contributed by atoms with Gasteiger partial charge in [-0.2, -0.15) is 0 Å². The highest BCUT2D eigenvalue weighted by Gasteiger charge is 2.24. The van der Waals surface area contributed by atoms with Gasteiger partial charge in [0, 0.05) is 34.1 Å². The Morgan fingerprint density at radius 1 is 1.09 bits per heavy atom. The number of carboxylic acid groups (broad SMARTS) is 1. The predicted octanol–water partition coefficient (Wildman–Crippen LogP) is 6.86. The van der Waals surface area contributed by atoms with Crippen LogP contribution in [0.4, 0.5) is 10.1 Å². The van der Waals surface area contributed by atoms with Crippen LogP contribution in [0, 0.1) is 11.2 Å². The lowest BCUT2D eigenvalue weighted by Gasteiger charge is -2.16. The Bertz CT molecular complexity index is 1320. The van der Waals surface area contributed by atoms with Gasteiger partial charge < -0.3 is 20.8 Å². The summed E-state index contributed by atoms with van der Waals surface area (Å²) < 4.78 is 16.8. The SMILES string of the molecule is CC.CC(C)c1c(-c2ccc(C(=O)O)cc2)c2cc(N)c(C=N)cc2n1-c1ccccc1F. The molecule has 0 spiro atoms. The molecule has 1 aromatic heterocycles. The molecule has 170 valence electrons. The fourth-order valence-corrected chi connectivity index (χ4v) is 4.03. The molecule has 4 aromatic rings. The van der Waals surface area contributed by atoms with E-state index in [9.17, 15) is 14.3 Å². The molecule has 0 bridgehead atoms. The topological polar surface area (TPSA) is 92.1 Å². The lowest BCUT2D eigenvalue weighted by molar-refractivity contribution is 0.0697. The molecular formula is C27H28FN3O2. The average Bonchev–Trinajstić information content (AvgIpc) is 3.14. The number of nitrogen functional groups attached to an aromatic ring is 1. The Kier molecular flexibility index (Phi) is 6.97. The van der Waals surface area contributed by atoms with Gasteiger partial charge in [-0.25, -0.2) is 9.18 Å². The Morgan fingerprint density at radius 3 is 2.27 bits per heavy atom. The third-order valence-corrected chi connectivity index (χ3v) is 5.42. The Labute approximate surface area is 192 Å². The largest absolute Gasteiger partial charge is 0.478 e. The summed E-state index contributed by atoms with van der Waals surface area (Å²) in [5.41, 5.74) is 11.1. The van der Waals surface area contributed by atoms with Crippen molar-refractivity contribution in [2.24, 2.45) is 0 Å². The minimum absolute atomic E-state index is 0.0193. The third kappa shape index (κ3) is 4.24. The van der Waals surface area contributed by atoms with Gasteiger partial charge in [-0.1, -0.05) is 52.0 Å². The summed E-state index contributed by atoms with van der Waals surface area (Å²) in [7, 11) is 0. The molecule has 0 aliphatic rings. The number of hydrogen-bond donors (Lipinski definition) is 3. The van der Waals surface area contributed by atoms with Gasteiger partial charge in [-0.15, -0.1) is 0 Å². The van der Waals surface area contributed by atoms with Crippen LogP contribution in [0.1, 0.15) is 55.2 Å². The van der Waals surface area contributed by atoms with E-state index in [1.165, 1.54) is 12.3 Å². The second kappa shape index (κ2) is 9.69. The molecule has 0 amide bonds. The maximum Gasteiger partial charge on any atom is 0.335 e. The molecule has 0 atom stereocenters. The number of carboxylic acids is 1.